The van der Waals surface area contributed by atoms with Crippen molar-refractivity contribution >= 4 is 11.8 Å². The lowest BCUT2D eigenvalue weighted by molar-refractivity contribution is -0.130. The zero-order valence-electron chi connectivity index (χ0n) is 16.2. The van der Waals surface area contributed by atoms with E-state index in [0.717, 1.165) is 39.1 Å². The molecule has 27 heavy (non-hydrogen) atoms. The van der Waals surface area contributed by atoms with Crippen LogP contribution in [0.15, 0.2) is 24.3 Å². The number of rotatable bonds is 5. The summed E-state index contributed by atoms with van der Waals surface area (Å²) in [6.07, 6.45) is 2.15. The Balaban J connectivity index is 1.59. The maximum absolute atomic E-state index is 13.0. The second-order valence-electron chi connectivity index (χ2n) is 7.24. The molecular weight excluding hydrogens is 346 g/mol. The van der Waals surface area contributed by atoms with Gasteiger partial charge in [0.25, 0.3) is 11.8 Å². The first kappa shape index (κ1) is 19.6. The molecule has 0 N–H and O–H groups in total. The number of ether oxygens (including phenoxy) is 2. The first-order valence-corrected chi connectivity index (χ1v) is 9.59. The summed E-state index contributed by atoms with van der Waals surface area (Å²) in [5.74, 6) is 0.293. The summed E-state index contributed by atoms with van der Waals surface area (Å²) in [6, 6.07) is 7.72. The standard InChI is InChI=1S/C20H29N3O4/c1-21(2)19(24)15-27-18-6-4-3-5-17(18)20(25)23-11-9-22(10-12-23)16-7-13-26-14-8-16/h3-6,16H,7-15H2,1-2H3. The first-order chi connectivity index (χ1) is 13.1. The van der Waals surface area contributed by atoms with Gasteiger partial charge in [-0.05, 0) is 25.0 Å². The quantitative estimate of drug-likeness (QED) is 0.771. The Morgan fingerprint density at radius 2 is 1.78 bits per heavy atom. The highest BCUT2D eigenvalue weighted by Gasteiger charge is 2.28. The monoisotopic (exact) mass is 375 g/mol. The molecule has 2 saturated heterocycles. The molecule has 0 atom stereocenters. The molecule has 1 aromatic carbocycles. The van der Waals surface area contributed by atoms with E-state index in [1.807, 2.05) is 17.0 Å². The predicted octanol–water partition coefficient (Wildman–Crippen LogP) is 1.09. The van der Waals surface area contributed by atoms with Crippen molar-refractivity contribution in [3.63, 3.8) is 0 Å². The molecular formula is C20H29N3O4. The van der Waals surface area contributed by atoms with Gasteiger partial charge in [-0.15, -0.1) is 0 Å². The lowest BCUT2D eigenvalue weighted by Gasteiger charge is -2.40. The van der Waals surface area contributed by atoms with Gasteiger partial charge in [-0.2, -0.15) is 0 Å². The molecule has 0 radical (unpaired) electrons. The number of carbonyl (C=O) groups is 2. The van der Waals surface area contributed by atoms with Gasteiger partial charge in [0.2, 0.25) is 0 Å². The molecule has 3 rings (SSSR count). The molecule has 7 nitrogen and oxygen atoms in total. The number of likely N-dealkylation sites (N-methyl/N-ethyl adjacent to an activating group) is 1. The van der Waals surface area contributed by atoms with Crippen LogP contribution in [0.1, 0.15) is 23.2 Å². The Morgan fingerprint density at radius 3 is 2.44 bits per heavy atom. The molecule has 7 heteroatoms. The highest BCUT2D eigenvalue weighted by molar-refractivity contribution is 5.97. The fraction of sp³-hybridized carbons (Fsp3) is 0.600. The number of carbonyl (C=O) groups excluding carboxylic acids is 2. The van der Waals surface area contributed by atoms with Crippen LogP contribution in [0.3, 0.4) is 0 Å². The largest absolute Gasteiger partial charge is 0.483 e. The topological polar surface area (TPSA) is 62.3 Å². The summed E-state index contributed by atoms with van der Waals surface area (Å²) in [5.41, 5.74) is 0.517. The van der Waals surface area contributed by atoms with Gasteiger partial charge < -0.3 is 19.3 Å². The zero-order valence-corrected chi connectivity index (χ0v) is 16.2. The van der Waals surface area contributed by atoms with E-state index in [1.54, 1.807) is 26.2 Å². The van der Waals surface area contributed by atoms with Crippen molar-refractivity contribution in [1.82, 2.24) is 14.7 Å². The Hall–Kier alpha value is -2.12. The van der Waals surface area contributed by atoms with Crippen LogP contribution in [-0.4, -0.2) is 92.7 Å². The van der Waals surface area contributed by atoms with E-state index in [2.05, 4.69) is 4.90 Å². The van der Waals surface area contributed by atoms with Crippen molar-refractivity contribution in [2.24, 2.45) is 0 Å². The normalized spacial score (nSPS) is 19.0. The number of para-hydroxylation sites is 1. The molecule has 2 amide bonds. The average Bonchev–Trinajstić information content (AvgIpc) is 2.72. The minimum Gasteiger partial charge on any atom is -0.483 e. The average molecular weight is 375 g/mol. The number of piperazine rings is 1. The summed E-state index contributed by atoms with van der Waals surface area (Å²) in [4.78, 5) is 30.6. The minimum absolute atomic E-state index is 0.0328. The molecule has 0 bridgehead atoms. The van der Waals surface area contributed by atoms with E-state index in [4.69, 9.17) is 9.47 Å². The van der Waals surface area contributed by atoms with Crippen LogP contribution >= 0.6 is 0 Å². The molecule has 2 heterocycles. The van der Waals surface area contributed by atoms with E-state index >= 15 is 0 Å². The molecule has 0 spiro atoms. The van der Waals surface area contributed by atoms with Crippen molar-refractivity contribution < 1.29 is 19.1 Å². The molecule has 0 aromatic heterocycles. The Kier molecular flexibility index (Phi) is 6.68. The van der Waals surface area contributed by atoms with E-state index < -0.39 is 0 Å². The maximum Gasteiger partial charge on any atom is 0.259 e. The molecule has 2 aliphatic rings. The third-order valence-corrected chi connectivity index (χ3v) is 5.28. The third-order valence-electron chi connectivity index (χ3n) is 5.28. The number of nitrogens with zero attached hydrogens (tertiary/aromatic N) is 3. The molecule has 0 unspecified atom stereocenters. The Labute approximate surface area is 160 Å². The maximum atomic E-state index is 13.0. The van der Waals surface area contributed by atoms with Crippen molar-refractivity contribution in [3.05, 3.63) is 29.8 Å². The number of amides is 2. The van der Waals surface area contributed by atoms with Gasteiger partial charge in [0.15, 0.2) is 6.61 Å². The Morgan fingerprint density at radius 1 is 1.11 bits per heavy atom. The van der Waals surface area contributed by atoms with Crippen LogP contribution in [0.25, 0.3) is 0 Å². The van der Waals surface area contributed by atoms with Gasteiger partial charge in [-0.3, -0.25) is 14.5 Å². The molecule has 2 aliphatic heterocycles. The van der Waals surface area contributed by atoms with Crippen molar-refractivity contribution in [3.8, 4) is 5.75 Å². The smallest absolute Gasteiger partial charge is 0.259 e. The molecule has 0 aliphatic carbocycles. The summed E-state index contributed by atoms with van der Waals surface area (Å²) in [7, 11) is 3.36. The fourth-order valence-corrected chi connectivity index (χ4v) is 3.55. The summed E-state index contributed by atoms with van der Waals surface area (Å²) < 4.78 is 11.1. The Bertz CT molecular complexity index is 650. The van der Waals surface area contributed by atoms with Crippen LogP contribution in [0.5, 0.6) is 5.75 Å². The lowest BCUT2D eigenvalue weighted by Crippen LogP contribution is -2.53. The van der Waals surface area contributed by atoms with Crippen LogP contribution < -0.4 is 4.74 Å². The highest BCUT2D eigenvalue weighted by Crippen LogP contribution is 2.22. The molecule has 0 saturated carbocycles. The van der Waals surface area contributed by atoms with Gasteiger partial charge in [-0.25, -0.2) is 0 Å². The van der Waals surface area contributed by atoms with E-state index in [-0.39, 0.29) is 18.4 Å². The zero-order chi connectivity index (χ0) is 19.2. The van der Waals surface area contributed by atoms with Crippen molar-refractivity contribution in [1.29, 1.82) is 0 Å². The minimum atomic E-state index is -0.137. The van der Waals surface area contributed by atoms with E-state index in [0.29, 0.717) is 30.4 Å². The number of benzene rings is 1. The van der Waals surface area contributed by atoms with Gasteiger partial charge in [0, 0.05) is 59.5 Å². The van der Waals surface area contributed by atoms with Gasteiger partial charge in [0.1, 0.15) is 5.75 Å². The van der Waals surface area contributed by atoms with Crippen LogP contribution in [0.2, 0.25) is 0 Å². The second kappa shape index (κ2) is 9.19. The highest BCUT2D eigenvalue weighted by atomic mass is 16.5. The van der Waals surface area contributed by atoms with Crippen LogP contribution in [-0.2, 0) is 9.53 Å². The molecule has 1 aromatic rings. The van der Waals surface area contributed by atoms with E-state index in [9.17, 15) is 9.59 Å². The van der Waals surface area contributed by atoms with Crippen molar-refractivity contribution in [2.45, 2.75) is 18.9 Å². The SMILES string of the molecule is CN(C)C(=O)COc1ccccc1C(=O)N1CCN(C2CCOCC2)CC1. The van der Waals surface area contributed by atoms with E-state index in [1.165, 1.54) is 4.90 Å². The van der Waals surface area contributed by atoms with Crippen LogP contribution in [0, 0.1) is 0 Å². The number of hydrogen-bond acceptors (Lipinski definition) is 5. The van der Waals surface area contributed by atoms with Gasteiger partial charge in [0.05, 0.1) is 5.56 Å². The molecule has 2 fully saturated rings. The first-order valence-electron chi connectivity index (χ1n) is 9.59. The summed E-state index contributed by atoms with van der Waals surface area (Å²) in [5, 5.41) is 0. The lowest BCUT2D eigenvalue weighted by atomic mass is 10.1. The van der Waals surface area contributed by atoms with Gasteiger partial charge in [-0.1, -0.05) is 12.1 Å². The third kappa shape index (κ3) is 4.99. The second-order valence-corrected chi connectivity index (χ2v) is 7.24. The predicted molar refractivity (Wildman–Crippen MR) is 102 cm³/mol. The summed E-state index contributed by atoms with van der Waals surface area (Å²) >= 11 is 0. The fourth-order valence-electron chi connectivity index (χ4n) is 3.55. The van der Waals surface area contributed by atoms with Gasteiger partial charge >= 0.3 is 0 Å². The number of hydrogen-bond donors (Lipinski definition) is 0. The van der Waals surface area contributed by atoms with Crippen LogP contribution in [0.4, 0.5) is 0 Å². The van der Waals surface area contributed by atoms with Crippen molar-refractivity contribution in [2.75, 3.05) is 60.1 Å². The molecule has 148 valence electrons. The summed E-state index contributed by atoms with van der Waals surface area (Å²) in [6.45, 7) is 4.79.